The summed E-state index contributed by atoms with van der Waals surface area (Å²) in [7, 11) is 2.40. The van der Waals surface area contributed by atoms with Gasteiger partial charge in [0, 0.05) is 26.2 Å². The maximum Gasteiger partial charge on any atom is 0.319 e. The van der Waals surface area contributed by atoms with Gasteiger partial charge in [0.15, 0.2) is 0 Å². The number of rotatable bonds is 16. The van der Waals surface area contributed by atoms with Gasteiger partial charge in [0.05, 0.1) is 46.9 Å². The molecular weight excluding hydrogens is 378 g/mol. The molecular formula is C16H27N3O9. The standard InChI is InChI=1S/C16H27N3O9/c1-27-15(25)11-18(7-8-20)4-3-17(9-13(21)22)5-6-19(10-14(23)24)12-16(26)28-2/h8H,3-7,9-12H2,1-2H3,(H,21,22)(H,23,24). The smallest absolute Gasteiger partial charge is 0.319 e. The fourth-order valence-electron chi connectivity index (χ4n) is 2.27. The Hall–Kier alpha value is -2.57. The molecule has 0 saturated carbocycles. The second-order valence-electron chi connectivity index (χ2n) is 5.83. The summed E-state index contributed by atoms with van der Waals surface area (Å²) in [5.41, 5.74) is 0. The molecule has 0 rings (SSSR count). The van der Waals surface area contributed by atoms with E-state index in [4.69, 9.17) is 10.2 Å². The number of hydrogen-bond acceptors (Lipinski definition) is 10. The van der Waals surface area contributed by atoms with Crippen molar-refractivity contribution >= 4 is 30.2 Å². The zero-order valence-corrected chi connectivity index (χ0v) is 16.0. The van der Waals surface area contributed by atoms with Crippen molar-refractivity contribution < 1.29 is 43.7 Å². The van der Waals surface area contributed by atoms with Crippen LogP contribution in [0.25, 0.3) is 0 Å². The molecule has 0 radical (unpaired) electrons. The topological polar surface area (TPSA) is 154 Å². The lowest BCUT2D eigenvalue weighted by atomic mass is 10.3. The monoisotopic (exact) mass is 405 g/mol. The van der Waals surface area contributed by atoms with Crippen LogP contribution in [0.2, 0.25) is 0 Å². The largest absolute Gasteiger partial charge is 0.480 e. The third kappa shape index (κ3) is 12.7. The third-order valence-corrected chi connectivity index (χ3v) is 3.68. The molecule has 0 aromatic rings. The van der Waals surface area contributed by atoms with E-state index in [1.54, 1.807) is 0 Å². The fourth-order valence-corrected chi connectivity index (χ4v) is 2.27. The minimum absolute atomic E-state index is 0.0243. The lowest BCUT2D eigenvalue weighted by Crippen LogP contribution is -2.45. The minimum atomic E-state index is -1.14. The van der Waals surface area contributed by atoms with Crippen molar-refractivity contribution in [3.05, 3.63) is 0 Å². The number of ether oxygens (including phenoxy) is 2. The Morgan fingerprint density at radius 2 is 1.11 bits per heavy atom. The SMILES string of the molecule is COC(=O)CN(CC=O)CCN(CCN(CC(=O)O)CC(=O)OC)CC(=O)O. The van der Waals surface area contributed by atoms with Crippen LogP contribution in [0, 0.1) is 0 Å². The van der Waals surface area contributed by atoms with Gasteiger partial charge in [-0.15, -0.1) is 0 Å². The molecule has 12 heteroatoms. The molecule has 160 valence electrons. The number of aliphatic carboxylic acids is 2. The number of hydrogen-bond donors (Lipinski definition) is 2. The minimum Gasteiger partial charge on any atom is -0.480 e. The Balaban J connectivity index is 4.86. The highest BCUT2D eigenvalue weighted by Gasteiger charge is 2.18. The second kappa shape index (κ2) is 14.5. The van der Waals surface area contributed by atoms with Gasteiger partial charge in [-0.3, -0.25) is 33.9 Å². The van der Waals surface area contributed by atoms with E-state index in [1.165, 1.54) is 28.9 Å². The van der Waals surface area contributed by atoms with Gasteiger partial charge in [0.2, 0.25) is 0 Å². The van der Waals surface area contributed by atoms with Crippen molar-refractivity contribution in [2.75, 3.05) is 73.1 Å². The second-order valence-corrected chi connectivity index (χ2v) is 5.83. The molecule has 28 heavy (non-hydrogen) atoms. The van der Waals surface area contributed by atoms with Gasteiger partial charge in [0.25, 0.3) is 0 Å². The first-order valence-corrected chi connectivity index (χ1v) is 8.39. The van der Waals surface area contributed by atoms with Crippen LogP contribution in [0.4, 0.5) is 0 Å². The fraction of sp³-hybridized carbons (Fsp3) is 0.688. The molecule has 12 nitrogen and oxygen atoms in total. The van der Waals surface area contributed by atoms with Crippen molar-refractivity contribution in [2.45, 2.75) is 0 Å². The van der Waals surface area contributed by atoms with E-state index in [-0.39, 0.29) is 52.4 Å². The molecule has 0 bridgehead atoms. The van der Waals surface area contributed by atoms with Crippen molar-refractivity contribution in [3.63, 3.8) is 0 Å². The number of carbonyl (C=O) groups is 5. The van der Waals surface area contributed by atoms with Crippen molar-refractivity contribution in [1.82, 2.24) is 14.7 Å². The van der Waals surface area contributed by atoms with Crippen LogP contribution in [0.15, 0.2) is 0 Å². The van der Waals surface area contributed by atoms with E-state index in [1.807, 2.05) is 0 Å². The number of carboxylic acid groups (broad SMARTS) is 2. The summed E-state index contributed by atoms with van der Waals surface area (Å²) in [6, 6.07) is 0. The Morgan fingerprint density at radius 1 is 0.714 bits per heavy atom. The lowest BCUT2D eigenvalue weighted by molar-refractivity contribution is -0.145. The molecule has 0 aromatic carbocycles. The van der Waals surface area contributed by atoms with E-state index < -0.39 is 30.4 Å². The Morgan fingerprint density at radius 3 is 1.54 bits per heavy atom. The molecule has 0 saturated heterocycles. The van der Waals surface area contributed by atoms with Gasteiger partial charge in [-0.1, -0.05) is 0 Å². The van der Waals surface area contributed by atoms with Crippen molar-refractivity contribution in [2.24, 2.45) is 0 Å². The molecule has 0 spiro atoms. The van der Waals surface area contributed by atoms with E-state index in [0.717, 1.165) is 0 Å². The van der Waals surface area contributed by atoms with Gasteiger partial charge in [-0.25, -0.2) is 0 Å². The summed E-state index contributed by atoms with van der Waals surface area (Å²) < 4.78 is 9.07. The summed E-state index contributed by atoms with van der Waals surface area (Å²) in [5, 5.41) is 18.0. The summed E-state index contributed by atoms with van der Waals surface area (Å²) in [5.74, 6) is -3.37. The summed E-state index contributed by atoms with van der Waals surface area (Å²) in [6.07, 6.45) is 0.620. The van der Waals surface area contributed by atoms with Gasteiger partial charge in [-0.2, -0.15) is 0 Å². The zero-order chi connectivity index (χ0) is 21.5. The van der Waals surface area contributed by atoms with Crippen LogP contribution in [0.5, 0.6) is 0 Å². The molecule has 0 aliphatic heterocycles. The highest BCUT2D eigenvalue weighted by Crippen LogP contribution is 1.97. The summed E-state index contributed by atoms with van der Waals surface area (Å²) in [4.78, 5) is 59.9. The molecule has 0 amide bonds. The number of nitrogens with zero attached hydrogens (tertiary/aromatic N) is 3. The summed E-state index contributed by atoms with van der Waals surface area (Å²) >= 11 is 0. The molecule has 2 N–H and O–H groups in total. The molecule has 0 heterocycles. The Bertz CT molecular complexity index is 541. The highest BCUT2D eigenvalue weighted by molar-refractivity contribution is 5.74. The predicted molar refractivity (Wildman–Crippen MR) is 94.7 cm³/mol. The third-order valence-electron chi connectivity index (χ3n) is 3.68. The molecule has 0 fully saturated rings. The number of methoxy groups -OCH3 is 2. The van der Waals surface area contributed by atoms with Crippen LogP contribution in [0.3, 0.4) is 0 Å². The van der Waals surface area contributed by atoms with E-state index in [2.05, 4.69) is 9.47 Å². The molecule has 0 aromatic heterocycles. The van der Waals surface area contributed by atoms with E-state index in [0.29, 0.717) is 6.29 Å². The van der Waals surface area contributed by atoms with Crippen molar-refractivity contribution in [3.8, 4) is 0 Å². The van der Waals surface area contributed by atoms with Gasteiger partial charge in [-0.05, 0) is 0 Å². The van der Waals surface area contributed by atoms with Crippen LogP contribution >= 0.6 is 0 Å². The average molecular weight is 405 g/mol. The molecule has 0 aliphatic carbocycles. The normalized spacial score (nSPS) is 10.9. The number of aldehydes is 1. The number of carboxylic acids is 2. The van der Waals surface area contributed by atoms with E-state index >= 15 is 0 Å². The lowest BCUT2D eigenvalue weighted by Gasteiger charge is -2.27. The molecule has 0 aliphatic rings. The van der Waals surface area contributed by atoms with Crippen LogP contribution < -0.4 is 0 Å². The van der Waals surface area contributed by atoms with Crippen LogP contribution in [-0.4, -0.2) is 128 Å². The van der Waals surface area contributed by atoms with Crippen LogP contribution in [0.1, 0.15) is 0 Å². The first-order chi connectivity index (χ1) is 13.2. The van der Waals surface area contributed by atoms with Crippen LogP contribution in [-0.2, 0) is 33.4 Å². The summed E-state index contributed by atoms with van der Waals surface area (Å²) in [6.45, 7) is -0.436. The Labute approximate surface area is 162 Å². The van der Waals surface area contributed by atoms with Gasteiger partial charge in [0.1, 0.15) is 6.29 Å². The average Bonchev–Trinajstić information content (AvgIpc) is 2.62. The first kappa shape index (κ1) is 25.4. The van der Waals surface area contributed by atoms with Gasteiger partial charge < -0.3 is 24.5 Å². The molecule has 0 unspecified atom stereocenters. The highest BCUT2D eigenvalue weighted by atomic mass is 16.5. The Kier molecular flexibility index (Phi) is 13.2. The quantitative estimate of drug-likeness (QED) is 0.208. The number of esters is 2. The maximum absolute atomic E-state index is 11.4. The maximum atomic E-state index is 11.4. The number of carbonyl (C=O) groups excluding carboxylic acids is 3. The van der Waals surface area contributed by atoms with Gasteiger partial charge >= 0.3 is 23.9 Å². The van der Waals surface area contributed by atoms with E-state index in [9.17, 15) is 24.0 Å². The predicted octanol–water partition coefficient (Wildman–Crippen LogP) is -2.39. The van der Waals surface area contributed by atoms with Crippen molar-refractivity contribution in [1.29, 1.82) is 0 Å². The first-order valence-electron chi connectivity index (χ1n) is 8.39. The zero-order valence-electron chi connectivity index (χ0n) is 16.0. The molecule has 0 atom stereocenters.